The van der Waals surface area contributed by atoms with Crippen LogP contribution in [0.3, 0.4) is 0 Å². The van der Waals surface area contributed by atoms with Crippen LogP contribution in [0.1, 0.15) is 16.4 Å². The fourth-order valence-corrected chi connectivity index (χ4v) is 3.99. The zero-order chi connectivity index (χ0) is 17.1. The molecule has 3 heteroatoms. The minimum Gasteiger partial charge on any atom is -0.378 e. The molecule has 1 aliphatic carbocycles. The molecule has 1 aromatic heterocycles. The first kappa shape index (κ1) is 16.7. The summed E-state index contributed by atoms with van der Waals surface area (Å²) >= 11 is 1.84. The van der Waals surface area contributed by atoms with Gasteiger partial charge in [0.2, 0.25) is 0 Å². The number of nitrogens with zero attached hydrogens (tertiary/aromatic N) is 2. The summed E-state index contributed by atoms with van der Waals surface area (Å²) in [5.74, 6) is 0.759. The lowest BCUT2D eigenvalue weighted by Gasteiger charge is -2.24. The summed E-state index contributed by atoms with van der Waals surface area (Å²) < 4.78 is 2.15. The van der Waals surface area contributed by atoms with E-state index in [1.165, 1.54) is 21.8 Å². The minimum atomic E-state index is 0.373. The number of allylic oxidation sites excluding steroid dienone is 4. The molecule has 3 rings (SSSR count). The van der Waals surface area contributed by atoms with Crippen molar-refractivity contribution in [2.24, 2.45) is 5.92 Å². The maximum atomic E-state index is 2.33. The highest BCUT2D eigenvalue weighted by molar-refractivity contribution is 7.10. The molecule has 0 aliphatic heterocycles. The minimum absolute atomic E-state index is 0.373. The van der Waals surface area contributed by atoms with Crippen LogP contribution in [-0.4, -0.2) is 38.5 Å². The Balaban J connectivity index is 1.96. The molecule has 0 saturated heterocycles. The molecule has 0 spiro atoms. The summed E-state index contributed by atoms with van der Waals surface area (Å²) in [7, 11) is 8.33. The van der Waals surface area contributed by atoms with Crippen LogP contribution in [-0.2, 0) is 0 Å². The highest BCUT2D eigenvalue weighted by atomic mass is 32.1. The lowest BCUT2D eigenvalue weighted by Crippen LogP contribution is -2.16. The Kier molecular flexibility index (Phi) is 5.00. The Hall–Kier alpha value is -2.13. The predicted molar refractivity (Wildman–Crippen MR) is 106 cm³/mol. The van der Waals surface area contributed by atoms with Gasteiger partial charge >= 0.3 is 0 Å². The van der Waals surface area contributed by atoms with Crippen molar-refractivity contribution in [3.05, 3.63) is 76.5 Å². The van der Waals surface area contributed by atoms with E-state index in [0.717, 1.165) is 0 Å². The van der Waals surface area contributed by atoms with Crippen LogP contribution in [0.5, 0.6) is 0 Å². The third-order valence-corrected chi connectivity index (χ3v) is 5.45. The van der Waals surface area contributed by atoms with Crippen LogP contribution in [0, 0.1) is 5.92 Å². The average molecular weight is 338 g/mol. The third kappa shape index (κ3) is 3.51. The second kappa shape index (κ2) is 7.18. The molecule has 0 saturated carbocycles. The van der Waals surface area contributed by atoms with Gasteiger partial charge in [0, 0.05) is 48.6 Å². The third-order valence-electron chi connectivity index (χ3n) is 4.50. The number of anilines is 1. The SMILES string of the molecule is CN(C)c1ccc(C(c2cccs2)C2C=CC(=[N+](C)C)C=C2)cc1. The molecule has 1 aliphatic rings. The topological polar surface area (TPSA) is 6.25 Å². The number of hydrogen-bond acceptors (Lipinski definition) is 2. The summed E-state index contributed by atoms with van der Waals surface area (Å²) in [6.07, 6.45) is 9.14. The van der Waals surface area contributed by atoms with E-state index in [0.29, 0.717) is 11.8 Å². The first-order valence-electron chi connectivity index (χ1n) is 8.27. The van der Waals surface area contributed by atoms with Gasteiger partial charge < -0.3 is 4.90 Å². The Morgan fingerprint density at radius 3 is 2.17 bits per heavy atom. The summed E-state index contributed by atoms with van der Waals surface area (Å²) in [6, 6.07) is 13.4. The van der Waals surface area contributed by atoms with Gasteiger partial charge in [0.15, 0.2) is 5.71 Å². The highest BCUT2D eigenvalue weighted by Crippen LogP contribution is 2.37. The molecule has 0 bridgehead atoms. The van der Waals surface area contributed by atoms with Crippen LogP contribution in [0.15, 0.2) is 66.1 Å². The fraction of sp³-hybridized carbons (Fsp3) is 0.286. The summed E-state index contributed by atoms with van der Waals surface area (Å²) in [4.78, 5) is 3.56. The van der Waals surface area contributed by atoms with Crippen molar-refractivity contribution in [2.45, 2.75) is 5.92 Å². The zero-order valence-electron chi connectivity index (χ0n) is 14.8. The quantitative estimate of drug-likeness (QED) is 0.750. The van der Waals surface area contributed by atoms with Crippen molar-refractivity contribution in [3.8, 4) is 0 Å². The molecule has 1 aromatic carbocycles. The molecule has 124 valence electrons. The maximum absolute atomic E-state index is 2.33. The lowest BCUT2D eigenvalue weighted by atomic mass is 9.82. The van der Waals surface area contributed by atoms with Crippen molar-refractivity contribution in [2.75, 3.05) is 33.1 Å². The molecule has 2 aromatic rings. The molecule has 2 nitrogen and oxygen atoms in total. The molecule has 1 heterocycles. The molecular formula is C21H25N2S+. The largest absolute Gasteiger partial charge is 0.378 e. The van der Waals surface area contributed by atoms with E-state index in [2.05, 4.69) is 104 Å². The standard InChI is InChI=1S/C21H25N2S/c1-22(2)18-11-7-16(8-12-18)21(20-6-5-15-24-20)17-9-13-19(14-10-17)23(3)4/h5-16,21H,1-4H3/q+1. The van der Waals surface area contributed by atoms with Crippen LogP contribution in [0.4, 0.5) is 5.69 Å². The van der Waals surface area contributed by atoms with Gasteiger partial charge in [0.05, 0.1) is 0 Å². The number of thiophene rings is 1. The maximum Gasteiger partial charge on any atom is 0.198 e. The summed E-state index contributed by atoms with van der Waals surface area (Å²) in [5, 5.41) is 2.17. The van der Waals surface area contributed by atoms with E-state index >= 15 is 0 Å². The Morgan fingerprint density at radius 2 is 1.67 bits per heavy atom. The first-order chi connectivity index (χ1) is 11.6. The summed E-state index contributed by atoms with van der Waals surface area (Å²) in [6.45, 7) is 0. The lowest BCUT2D eigenvalue weighted by molar-refractivity contribution is -0.462. The highest BCUT2D eigenvalue weighted by Gasteiger charge is 2.24. The smallest absolute Gasteiger partial charge is 0.198 e. The number of rotatable bonds is 4. The molecular weight excluding hydrogens is 312 g/mol. The monoisotopic (exact) mass is 337 g/mol. The van der Waals surface area contributed by atoms with Gasteiger partial charge in [-0.15, -0.1) is 11.3 Å². The number of hydrogen-bond donors (Lipinski definition) is 0. The average Bonchev–Trinajstić information content (AvgIpc) is 3.10. The van der Waals surface area contributed by atoms with E-state index < -0.39 is 0 Å². The van der Waals surface area contributed by atoms with E-state index in [1.807, 2.05) is 11.3 Å². The van der Waals surface area contributed by atoms with E-state index in [1.54, 1.807) is 0 Å². The van der Waals surface area contributed by atoms with Gasteiger partial charge in [-0.3, -0.25) is 0 Å². The van der Waals surface area contributed by atoms with Crippen molar-refractivity contribution in [3.63, 3.8) is 0 Å². The van der Waals surface area contributed by atoms with Gasteiger partial charge in [-0.25, -0.2) is 4.58 Å². The molecule has 0 radical (unpaired) electrons. The second-order valence-electron chi connectivity index (χ2n) is 6.59. The van der Waals surface area contributed by atoms with Gasteiger partial charge in [0.25, 0.3) is 0 Å². The Labute approximate surface area is 149 Å². The Morgan fingerprint density at radius 1 is 1.00 bits per heavy atom. The van der Waals surface area contributed by atoms with Crippen molar-refractivity contribution in [1.82, 2.24) is 0 Å². The summed E-state index contributed by atoms with van der Waals surface area (Å²) in [5.41, 5.74) is 3.86. The van der Waals surface area contributed by atoms with Crippen LogP contribution in [0.25, 0.3) is 0 Å². The molecule has 1 unspecified atom stereocenters. The normalized spacial score (nSPS) is 17.8. The molecule has 0 amide bonds. The molecule has 24 heavy (non-hydrogen) atoms. The van der Waals surface area contributed by atoms with Crippen molar-refractivity contribution in [1.29, 1.82) is 0 Å². The van der Waals surface area contributed by atoms with E-state index in [4.69, 9.17) is 0 Å². The fourth-order valence-electron chi connectivity index (χ4n) is 3.08. The van der Waals surface area contributed by atoms with Gasteiger partial charge in [0.1, 0.15) is 14.1 Å². The van der Waals surface area contributed by atoms with Crippen molar-refractivity contribution >= 4 is 22.7 Å². The molecule has 0 fully saturated rings. The van der Waals surface area contributed by atoms with Gasteiger partial charge in [-0.1, -0.05) is 30.4 Å². The van der Waals surface area contributed by atoms with Gasteiger partial charge in [-0.2, -0.15) is 0 Å². The zero-order valence-corrected chi connectivity index (χ0v) is 15.6. The Bertz CT molecular complexity index is 745. The number of benzene rings is 1. The second-order valence-corrected chi connectivity index (χ2v) is 7.57. The predicted octanol–water partition coefficient (Wildman–Crippen LogP) is 4.40. The van der Waals surface area contributed by atoms with Gasteiger partial charge in [-0.05, 0) is 29.1 Å². The van der Waals surface area contributed by atoms with E-state index in [-0.39, 0.29) is 0 Å². The molecule has 0 N–H and O–H groups in total. The van der Waals surface area contributed by atoms with Crippen LogP contribution < -0.4 is 4.90 Å². The van der Waals surface area contributed by atoms with Crippen molar-refractivity contribution < 1.29 is 4.58 Å². The van der Waals surface area contributed by atoms with E-state index in [9.17, 15) is 0 Å². The first-order valence-corrected chi connectivity index (χ1v) is 9.15. The van der Waals surface area contributed by atoms with Crippen LogP contribution in [0.2, 0.25) is 0 Å². The van der Waals surface area contributed by atoms with Crippen LogP contribution >= 0.6 is 11.3 Å². The molecule has 1 atom stereocenters.